The van der Waals surface area contributed by atoms with Gasteiger partial charge in [0.15, 0.2) is 0 Å². The summed E-state index contributed by atoms with van der Waals surface area (Å²) in [6.45, 7) is 6.14. The molecule has 4 aliphatic rings. The van der Waals surface area contributed by atoms with Gasteiger partial charge in [-0.25, -0.2) is 0 Å². The lowest BCUT2D eigenvalue weighted by atomic mass is 9.78. The van der Waals surface area contributed by atoms with Crippen molar-refractivity contribution >= 4 is 29.5 Å². The summed E-state index contributed by atoms with van der Waals surface area (Å²) in [6, 6.07) is 7.99. The number of aliphatic hydroxyl groups excluding tert-OH is 1. The van der Waals surface area contributed by atoms with E-state index in [1.807, 2.05) is 65.3 Å². The van der Waals surface area contributed by atoms with Crippen molar-refractivity contribution in [1.29, 1.82) is 0 Å². The Bertz CT molecular complexity index is 1090. The number of benzene rings is 1. The lowest BCUT2D eigenvalue weighted by Gasteiger charge is -2.38. The monoisotopic (exact) mass is 523 g/mol. The van der Waals surface area contributed by atoms with Gasteiger partial charge in [-0.05, 0) is 18.4 Å². The van der Waals surface area contributed by atoms with Crippen LogP contribution in [0.1, 0.15) is 44.7 Å². The lowest BCUT2D eigenvalue weighted by Crippen LogP contribution is -2.54. The van der Waals surface area contributed by atoms with Gasteiger partial charge in [-0.15, -0.1) is 11.8 Å². The fourth-order valence-corrected chi connectivity index (χ4v) is 8.56. The normalized spacial score (nSPS) is 31.8. The molecule has 4 aliphatic heterocycles. The highest BCUT2D eigenvalue weighted by molar-refractivity contribution is 8.02. The second kappa shape index (κ2) is 10.7. The van der Waals surface area contributed by atoms with Crippen LogP contribution in [0, 0.1) is 11.8 Å². The first-order chi connectivity index (χ1) is 18.0. The van der Waals surface area contributed by atoms with Gasteiger partial charge in [-0.1, -0.05) is 74.9 Å². The number of unbranched alkanes of at least 4 members (excludes halogenated alkanes) is 1. The molecular weight excluding hydrogens is 486 g/mol. The van der Waals surface area contributed by atoms with E-state index < -0.39 is 28.7 Å². The average Bonchev–Trinajstić information content (AvgIpc) is 3.23. The Balaban J connectivity index is 1.63. The number of carbonyl (C=O) groups excluding carboxylic acids is 3. The molecule has 1 aromatic rings. The van der Waals surface area contributed by atoms with E-state index in [1.165, 1.54) is 0 Å². The predicted molar refractivity (Wildman–Crippen MR) is 145 cm³/mol. The summed E-state index contributed by atoms with van der Waals surface area (Å²) in [6.07, 6.45) is 10.9. The number of aliphatic hydroxyl groups is 1. The van der Waals surface area contributed by atoms with Crippen LogP contribution >= 0.6 is 11.8 Å². The molecule has 6 atom stereocenters. The Hall–Kier alpha value is -2.58. The minimum atomic E-state index is -0.859. The van der Waals surface area contributed by atoms with Gasteiger partial charge in [0.25, 0.3) is 0 Å². The zero-order valence-corrected chi connectivity index (χ0v) is 22.5. The lowest BCUT2D eigenvalue weighted by molar-refractivity contribution is -0.147. The standard InChI is InChI=1S/C29H37N3O4S/c1-3-5-16-31-18-10-14-29-24(23-22(37-29)13-9-17-30(15-4-2)26(23)34)27(35)32(25(29)28(31)36)21(19-33)20-11-7-6-8-12-20/h6-14,21-25,33H,3-5,15-19H2,1-2H3/t21-,22-,23+,24+,25?,29+/m1/s1. The molecule has 1 unspecified atom stereocenters. The van der Waals surface area contributed by atoms with Crippen LogP contribution in [0.5, 0.6) is 0 Å². The maximum atomic E-state index is 14.5. The molecule has 198 valence electrons. The number of amides is 3. The number of fused-ring (bicyclic) bond motifs is 2. The molecule has 5 rings (SSSR count). The number of nitrogens with zero attached hydrogens (tertiary/aromatic N) is 3. The van der Waals surface area contributed by atoms with Crippen molar-refractivity contribution in [3.8, 4) is 0 Å². The Labute approximate surface area is 223 Å². The van der Waals surface area contributed by atoms with Gasteiger partial charge in [0, 0.05) is 31.4 Å². The Morgan fingerprint density at radius 3 is 2.41 bits per heavy atom. The zero-order valence-electron chi connectivity index (χ0n) is 21.7. The van der Waals surface area contributed by atoms with Crippen molar-refractivity contribution in [2.24, 2.45) is 11.8 Å². The van der Waals surface area contributed by atoms with E-state index in [-0.39, 0.29) is 29.6 Å². The Kier molecular flexibility index (Phi) is 7.50. The molecule has 2 fully saturated rings. The van der Waals surface area contributed by atoms with E-state index in [2.05, 4.69) is 13.0 Å². The first kappa shape index (κ1) is 26.0. The number of hydrogen-bond donors (Lipinski definition) is 1. The van der Waals surface area contributed by atoms with Crippen LogP contribution < -0.4 is 0 Å². The third kappa shape index (κ3) is 4.22. The highest BCUT2D eigenvalue weighted by Gasteiger charge is 2.71. The summed E-state index contributed by atoms with van der Waals surface area (Å²) in [4.78, 5) is 48.0. The van der Waals surface area contributed by atoms with Crippen LogP contribution in [-0.4, -0.2) is 86.4 Å². The van der Waals surface area contributed by atoms with Gasteiger partial charge < -0.3 is 19.8 Å². The number of rotatable bonds is 8. The molecule has 1 spiro atoms. The van der Waals surface area contributed by atoms with Gasteiger partial charge in [0.1, 0.15) is 6.04 Å². The maximum Gasteiger partial charge on any atom is 0.247 e. The topological polar surface area (TPSA) is 81.2 Å². The fraction of sp³-hybridized carbons (Fsp3) is 0.552. The van der Waals surface area contributed by atoms with Crippen molar-refractivity contribution in [3.63, 3.8) is 0 Å². The van der Waals surface area contributed by atoms with Gasteiger partial charge >= 0.3 is 0 Å². The molecule has 0 radical (unpaired) electrons. The molecular formula is C29H37N3O4S. The van der Waals surface area contributed by atoms with E-state index in [1.54, 1.807) is 16.7 Å². The number of hydrogen-bond acceptors (Lipinski definition) is 5. The number of likely N-dealkylation sites (tertiary alicyclic amines) is 1. The molecule has 37 heavy (non-hydrogen) atoms. The second-order valence-electron chi connectivity index (χ2n) is 10.4. The summed E-state index contributed by atoms with van der Waals surface area (Å²) >= 11 is 1.59. The first-order valence-corrected chi connectivity index (χ1v) is 14.4. The molecule has 0 bridgehead atoms. The minimum absolute atomic E-state index is 0.00614. The van der Waals surface area contributed by atoms with Gasteiger partial charge in [0.05, 0.1) is 29.2 Å². The van der Waals surface area contributed by atoms with Crippen molar-refractivity contribution in [2.45, 2.75) is 55.2 Å². The second-order valence-corrected chi connectivity index (χ2v) is 11.9. The van der Waals surface area contributed by atoms with Crippen molar-refractivity contribution < 1.29 is 19.5 Å². The molecule has 1 aromatic carbocycles. The molecule has 0 saturated carbocycles. The van der Waals surface area contributed by atoms with Crippen LogP contribution in [0.3, 0.4) is 0 Å². The van der Waals surface area contributed by atoms with Crippen LogP contribution in [0.4, 0.5) is 0 Å². The van der Waals surface area contributed by atoms with Gasteiger partial charge in [-0.3, -0.25) is 14.4 Å². The van der Waals surface area contributed by atoms with Gasteiger partial charge in [0.2, 0.25) is 17.7 Å². The molecule has 8 heteroatoms. The van der Waals surface area contributed by atoms with E-state index >= 15 is 0 Å². The average molecular weight is 524 g/mol. The van der Waals surface area contributed by atoms with Crippen molar-refractivity contribution in [1.82, 2.24) is 14.7 Å². The molecule has 0 aromatic heterocycles. The maximum absolute atomic E-state index is 14.5. The SMILES string of the molecule is CCCCN1CC=C[C@]23S[C@@H]4C=CCN(CCC)C(=O)[C@@H]4[C@H]2C(=O)N([C@H](CO)c2ccccc2)C3C1=O. The van der Waals surface area contributed by atoms with Crippen molar-refractivity contribution in [2.75, 3.05) is 32.8 Å². The summed E-state index contributed by atoms with van der Waals surface area (Å²) in [5, 5.41) is 10.4. The molecule has 1 N–H and O–H groups in total. The first-order valence-electron chi connectivity index (χ1n) is 13.6. The minimum Gasteiger partial charge on any atom is -0.394 e. The van der Waals surface area contributed by atoms with Crippen LogP contribution in [-0.2, 0) is 14.4 Å². The third-order valence-corrected chi connectivity index (χ3v) is 9.98. The van der Waals surface area contributed by atoms with E-state index in [4.69, 9.17) is 0 Å². The Morgan fingerprint density at radius 2 is 1.70 bits per heavy atom. The number of carbonyl (C=O) groups is 3. The zero-order chi connectivity index (χ0) is 26.2. The largest absolute Gasteiger partial charge is 0.394 e. The summed E-state index contributed by atoms with van der Waals surface area (Å²) in [7, 11) is 0. The summed E-state index contributed by atoms with van der Waals surface area (Å²) in [5.74, 6) is -1.50. The Morgan fingerprint density at radius 1 is 0.973 bits per heavy atom. The quantitative estimate of drug-likeness (QED) is 0.530. The molecule has 7 nitrogen and oxygen atoms in total. The van der Waals surface area contributed by atoms with E-state index in [0.717, 1.165) is 24.8 Å². The highest BCUT2D eigenvalue weighted by Crippen LogP contribution is 2.62. The van der Waals surface area contributed by atoms with Crippen molar-refractivity contribution in [3.05, 3.63) is 60.2 Å². The van der Waals surface area contributed by atoms with E-state index in [0.29, 0.717) is 26.2 Å². The summed E-state index contributed by atoms with van der Waals surface area (Å²) in [5.41, 5.74) is 0.788. The van der Waals surface area contributed by atoms with E-state index in [9.17, 15) is 19.5 Å². The number of thioether (sulfide) groups is 1. The third-order valence-electron chi connectivity index (χ3n) is 8.23. The molecule has 2 saturated heterocycles. The smallest absolute Gasteiger partial charge is 0.247 e. The fourth-order valence-electron chi connectivity index (χ4n) is 6.56. The molecule has 4 heterocycles. The molecule has 3 amide bonds. The van der Waals surface area contributed by atoms with Crippen LogP contribution in [0.2, 0.25) is 0 Å². The van der Waals surface area contributed by atoms with Gasteiger partial charge in [-0.2, -0.15) is 0 Å². The highest BCUT2D eigenvalue weighted by atomic mass is 32.2. The summed E-state index contributed by atoms with van der Waals surface area (Å²) < 4.78 is -0.859. The van der Waals surface area contributed by atoms with Crippen LogP contribution in [0.15, 0.2) is 54.6 Å². The predicted octanol–water partition coefficient (Wildman–Crippen LogP) is 3.02. The molecule has 0 aliphatic carbocycles. The van der Waals surface area contributed by atoms with Crippen LogP contribution in [0.25, 0.3) is 0 Å².